The summed E-state index contributed by atoms with van der Waals surface area (Å²) >= 11 is 0. The highest BCUT2D eigenvalue weighted by Crippen LogP contribution is 2.29. The third-order valence-corrected chi connectivity index (χ3v) is 4.69. The molecule has 4 heterocycles. The molecule has 8 heteroatoms. The molecule has 8 nitrogen and oxygen atoms in total. The minimum atomic E-state index is 0.251. The van der Waals surface area contributed by atoms with Gasteiger partial charge in [-0.1, -0.05) is 0 Å². The second-order valence-electron chi connectivity index (χ2n) is 6.28. The second-order valence-corrected chi connectivity index (χ2v) is 6.28. The predicted molar refractivity (Wildman–Crippen MR) is 90.6 cm³/mol. The van der Waals surface area contributed by atoms with Gasteiger partial charge in [0.1, 0.15) is 0 Å². The summed E-state index contributed by atoms with van der Waals surface area (Å²) in [5.41, 5.74) is 3.24. The summed E-state index contributed by atoms with van der Waals surface area (Å²) in [6, 6.07) is 0. The number of methoxy groups -OCH3 is 1. The van der Waals surface area contributed by atoms with Crippen molar-refractivity contribution >= 4 is 22.9 Å². The molecule has 0 amide bonds. The lowest BCUT2D eigenvalue weighted by Crippen LogP contribution is -2.52. The van der Waals surface area contributed by atoms with E-state index in [-0.39, 0.29) is 6.10 Å². The van der Waals surface area contributed by atoms with Crippen molar-refractivity contribution in [2.24, 2.45) is 0 Å². The first-order valence-electron chi connectivity index (χ1n) is 8.29. The van der Waals surface area contributed by atoms with E-state index >= 15 is 0 Å². The maximum absolute atomic E-state index is 5.43. The number of nitrogens with zero attached hydrogens (tertiary/aromatic N) is 6. The third-order valence-electron chi connectivity index (χ3n) is 4.69. The van der Waals surface area contributed by atoms with Gasteiger partial charge in [0.05, 0.1) is 30.7 Å². The van der Waals surface area contributed by atoms with E-state index in [9.17, 15) is 0 Å². The van der Waals surface area contributed by atoms with Crippen LogP contribution in [0.3, 0.4) is 0 Å². The van der Waals surface area contributed by atoms with E-state index in [1.165, 1.54) is 0 Å². The van der Waals surface area contributed by atoms with Crippen LogP contribution in [0.4, 0.5) is 11.8 Å². The number of aryl methyl sites for hydroxylation is 2. The second kappa shape index (κ2) is 6.10. The van der Waals surface area contributed by atoms with Crippen molar-refractivity contribution in [2.45, 2.75) is 20.0 Å². The highest BCUT2D eigenvalue weighted by molar-refractivity contribution is 5.85. The molecule has 0 atom stereocenters. The molecule has 2 saturated heterocycles. The maximum Gasteiger partial charge on any atom is 0.229 e. The van der Waals surface area contributed by atoms with Gasteiger partial charge in [-0.25, -0.2) is 9.97 Å². The fourth-order valence-corrected chi connectivity index (χ4v) is 2.97. The van der Waals surface area contributed by atoms with Crippen LogP contribution in [-0.4, -0.2) is 72.5 Å². The van der Waals surface area contributed by atoms with Gasteiger partial charge in [-0.3, -0.25) is 0 Å². The van der Waals surface area contributed by atoms with Crippen LogP contribution >= 0.6 is 0 Å². The summed E-state index contributed by atoms with van der Waals surface area (Å²) in [5.74, 6) is 1.56. The largest absolute Gasteiger partial charge is 0.378 e. The maximum atomic E-state index is 5.43. The Balaban J connectivity index is 1.79. The molecule has 0 radical (unpaired) electrons. The zero-order valence-corrected chi connectivity index (χ0v) is 14.3. The Hall–Kier alpha value is -2.06. The fraction of sp³-hybridized carbons (Fsp3) is 0.625. The molecule has 128 valence electrons. The molecule has 4 rings (SSSR count). The van der Waals surface area contributed by atoms with Crippen molar-refractivity contribution in [3.63, 3.8) is 0 Å². The van der Waals surface area contributed by atoms with E-state index in [2.05, 4.69) is 19.8 Å². The van der Waals surface area contributed by atoms with Gasteiger partial charge < -0.3 is 19.3 Å². The SMILES string of the molecule is COC1CN(c2nc(N3CCOCC3)nc3nc(C)c(C)nc23)C1. The molecule has 2 aromatic rings. The Morgan fingerprint density at radius 2 is 1.67 bits per heavy atom. The average Bonchev–Trinajstić information content (AvgIpc) is 2.56. The Morgan fingerprint density at radius 1 is 0.958 bits per heavy atom. The molecule has 0 saturated carbocycles. The number of hydrogen-bond acceptors (Lipinski definition) is 8. The first kappa shape index (κ1) is 15.5. The lowest BCUT2D eigenvalue weighted by molar-refractivity contribution is 0.0784. The predicted octanol–water partition coefficient (Wildman–Crippen LogP) is 0.708. The third kappa shape index (κ3) is 2.65. The molecule has 0 aromatic carbocycles. The number of anilines is 2. The lowest BCUT2D eigenvalue weighted by Gasteiger charge is -2.39. The van der Waals surface area contributed by atoms with Crippen molar-refractivity contribution in [1.29, 1.82) is 0 Å². The van der Waals surface area contributed by atoms with Gasteiger partial charge in [0.15, 0.2) is 17.0 Å². The Kier molecular flexibility index (Phi) is 3.93. The number of rotatable bonds is 3. The standard InChI is InChI=1S/C16H22N6O2/c1-10-11(2)18-14-13(17-10)15(22-8-12(9-22)23-3)20-16(19-14)21-4-6-24-7-5-21/h12H,4-9H2,1-3H3. The first-order valence-corrected chi connectivity index (χ1v) is 8.29. The van der Waals surface area contributed by atoms with Crippen LogP contribution in [0.25, 0.3) is 11.2 Å². The quantitative estimate of drug-likeness (QED) is 0.814. The molecule has 2 aromatic heterocycles. The molecule has 0 aliphatic carbocycles. The molecule has 2 aliphatic heterocycles. The van der Waals surface area contributed by atoms with Crippen LogP contribution in [-0.2, 0) is 9.47 Å². The van der Waals surface area contributed by atoms with Crippen LogP contribution in [0.15, 0.2) is 0 Å². The van der Waals surface area contributed by atoms with Gasteiger partial charge in [-0.15, -0.1) is 0 Å². The summed E-state index contributed by atoms with van der Waals surface area (Å²) in [7, 11) is 1.74. The number of ether oxygens (including phenoxy) is 2. The zero-order chi connectivity index (χ0) is 16.7. The summed E-state index contributed by atoms with van der Waals surface area (Å²) < 4.78 is 10.8. The Labute approximate surface area is 140 Å². The zero-order valence-electron chi connectivity index (χ0n) is 14.3. The van der Waals surface area contributed by atoms with Crippen LogP contribution in [0, 0.1) is 13.8 Å². The number of aromatic nitrogens is 4. The van der Waals surface area contributed by atoms with Gasteiger partial charge in [0.2, 0.25) is 5.95 Å². The number of fused-ring (bicyclic) bond motifs is 1. The number of morpholine rings is 1. The summed E-state index contributed by atoms with van der Waals surface area (Å²) in [6.07, 6.45) is 0.251. The van der Waals surface area contributed by atoms with Gasteiger partial charge in [0, 0.05) is 33.3 Å². The van der Waals surface area contributed by atoms with E-state index < -0.39 is 0 Å². The van der Waals surface area contributed by atoms with Crippen LogP contribution in [0.2, 0.25) is 0 Å². The minimum absolute atomic E-state index is 0.251. The first-order chi connectivity index (χ1) is 11.7. The molecule has 0 bridgehead atoms. The van der Waals surface area contributed by atoms with Crippen molar-refractivity contribution in [3.8, 4) is 0 Å². The Bertz CT molecular complexity index is 756. The lowest BCUT2D eigenvalue weighted by atomic mass is 10.1. The average molecular weight is 330 g/mol. The highest BCUT2D eigenvalue weighted by atomic mass is 16.5. The van der Waals surface area contributed by atoms with E-state index in [0.717, 1.165) is 48.9 Å². The minimum Gasteiger partial charge on any atom is -0.378 e. The molecule has 0 N–H and O–H groups in total. The molecule has 24 heavy (non-hydrogen) atoms. The summed E-state index contributed by atoms with van der Waals surface area (Å²) in [5, 5.41) is 0. The van der Waals surface area contributed by atoms with Crippen LogP contribution in [0.5, 0.6) is 0 Å². The van der Waals surface area contributed by atoms with Crippen LogP contribution in [0.1, 0.15) is 11.4 Å². The van der Waals surface area contributed by atoms with Crippen molar-refractivity contribution in [3.05, 3.63) is 11.4 Å². The normalized spacial score (nSPS) is 19.0. The number of hydrogen-bond donors (Lipinski definition) is 0. The van der Waals surface area contributed by atoms with E-state index in [4.69, 9.17) is 19.4 Å². The monoisotopic (exact) mass is 330 g/mol. The molecular weight excluding hydrogens is 308 g/mol. The molecular formula is C16H22N6O2. The van der Waals surface area contributed by atoms with Crippen molar-refractivity contribution in [1.82, 2.24) is 19.9 Å². The molecule has 2 aliphatic rings. The summed E-state index contributed by atoms with van der Waals surface area (Å²) in [6.45, 7) is 8.56. The van der Waals surface area contributed by atoms with Crippen molar-refractivity contribution in [2.75, 3.05) is 56.3 Å². The molecule has 0 spiro atoms. The van der Waals surface area contributed by atoms with Gasteiger partial charge in [-0.05, 0) is 13.8 Å². The van der Waals surface area contributed by atoms with Gasteiger partial charge in [-0.2, -0.15) is 9.97 Å². The smallest absolute Gasteiger partial charge is 0.229 e. The topological polar surface area (TPSA) is 76.5 Å². The molecule has 2 fully saturated rings. The van der Waals surface area contributed by atoms with E-state index in [0.29, 0.717) is 24.8 Å². The summed E-state index contributed by atoms with van der Waals surface area (Å²) in [4.78, 5) is 23.2. The van der Waals surface area contributed by atoms with E-state index in [1.54, 1.807) is 7.11 Å². The van der Waals surface area contributed by atoms with Gasteiger partial charge >= 0.3 is 0 Å². The fourth-order valence-electron chi connectivity index (χ4n) is 2.97. The highest BCUT2D eigenvalue weighted by Gasteiger charge is 2.31. The van der Waals surface area contributed by atoms with Crippen LogP contribution < -0.4 is 9.80 Å². The Morgan fingerprint density at radius 3 is 2.38 bits per heavy atom. The van der Waals surface area contributed by atoms with E-state index in [1.807, 2.05) is 13.8 Å². The molecule has 0 unspecified atom stereocenters. The van der Waals surface area contributed by atoms with Gasteiger partial charge in [0.25, 0.3) is 0 Å². The van der Waals surface area contributed by atoms with Crippen molar-refractivity contribution < 1.29 is 9.47 Å².